The standard InChI is InChI=1S/C23H20BrClN2O3S/c1-3-30-22(29)19-13(2)26-23-27(20(19)16-6-4-5-7-17(16)25)21(28)18(31-23)12-14-8-10-15(24)11-9-14/h4-11,18,20H,3,12H2,1-2H3/t18-,20-/m0/s1. The van der Waals surface area contributed by atoms with Crippen LogP contribution in [0, 0.1) is 0 Å². The van der Waals surface area contributed by atoms with Crippen LogP contribution in [0.4, 0.5) is 0 Å². The SMILES string of the molecule is CCOC(=O)C1=C(C)N=C2S[C@@H](Cc3ccc(Br)cc3)C(=O)N2[C@H]1c1ccccc1Cl. The van der Waals surface area contributed by atoms with E-state index in [1.807, 2.05) is 42.5 Å². The van der Waals surface area contributed by atoms with Crippen molar-refractivity contribution in [2.45, 2.75) is 31.6 Å². The minimum Gasteiger partial charge on any atom is -0.463 e. The molecule has 2 aliphatic rings. The number of allylic oxidation sites excluding steroid dienone is 1. The summed E-state index contributed by atoms with van der Waals surface area (Å²) in [5, 5.41) is 0.736. The summed E-state index contributed by atoms with van der Waals surface area (Å²) in [6, 6.07) is 14.5. The molecule has 0 spiro atoms. The number of carbonyl (C=O) groups excluding carboxylic acids is 2. The zero-order valence-corrected chi connectivity index (χ0v) is 20.1. The molecule has 0 bridgehead atoms. The molecule has 2 aromatic rings. The molecule has 2 aliphatic heterocycles. The average molecular weight is 520 g/mol. The summed E-state index contributed by atoms with van der Waals surface area (Å²) >= 11 is 11.4. The summed E-state index contributed by atoms with van der Waals surface area (Å²) in [5.74, 6) is -0.576. The third kappa shape index (κ3) is 4.31. The highest BCUT2D eigenvalue weighted by Crippen LogP contribution is 2.45. The van der Waals surface area contributed by atoms with Gasteiger partial charge in [0.05, 0.1) is 29.2 Å². The number of benzene rings is 2. The molecule has 4 rings (SSSR count). The van der Waals surface area contributed by atoms with Gasteiger partial charge in [0.15, 0.2) is 5.17 Å². The number of thioether (sulfide) groups is 1. The number of carbonyl (C=O) groups is 2. The molecule has 1 fully saturated rings. The largest absolute Gasteiger partial charge is 0.463 e. The van der Waals surface area contributed by atoms with Crippen LogP contribution >= 0.6 is 39.3 Å². The highest BCUT2D eigenvalue weighted by Gasteiger charge is 2.48. The van der Waals surface area contributed by atoms with Crippen LogP contribution in [0.2, 0.25) is 5.02 Å². The molecule has 31 heavy (non-hydrogen) atoms. The van der Waals surface area contributed by atoms with E-state index in [0.29, 0.717) is 33.4 Å². The van der Waals surface area contributed by atoms with Gasteiger partial charge in [0.25, 0.3) is 0 Å². The fraction of sp³-hybridized carbons (Fsp3) is 0.261. The lowest BCUT2D eigenvalue weighted by atomic mass is 9.94. The maximum atomic E-state index is 13.5. The zero-order chi connectivity index (χ0) is 22.1. The Hall–Kier alpha value is -2.09. The summed E-state index contributed by atoms with van der Waals surface area (Å²) in [6.07, 6.45) is 0.565. The van der Waals surface area contributed by atoms with Crippen molar-refractivity contribution in [3.63, 3.8) is 0 Å². The van der Waals surface area contributed by atoms with Gasteiger partial charge < -0.3 is 4.74 Å². The number of hydrogen-bond donors (Lipinski definition) is 0. The van der Waals surface area contributed by atoms with Crippen molar-refractivity contribution in [1.29, 1.82) is 0 Å². The van der Waals surface area contributed by atoms with Crippen molar-refractivity contribution < 1.29 is 14.3 Å². The van der Waals surface area contributed by atoms with Crippen molar-refractivity contribution >= 4 is 56.3 Å². The Balaban J connectivity index is 1.74. The highest BCUT2D eigenvalue weighted by molar-refractivity contribution is 9.10. The van der Waals surface area contributed by atoms with Crippen LogP contribution in [-0.2, 0) is 20.7 Å². The van der Waals surface area contributed by atoms with E-state index in [4.69, 9.17) is 16.3 Å². The molecular formula is C23H20BrClN2O3S. The number of hydrogen-bond acceptors (Lipinski definition) is 5. The Kier molecular flexibility index (Phi) is 6.55. The Labute approximate surface area is 198 Å². The summed E-state index contributed by atoms with van der Waals surface area (Å²) in [4.78, 5) is 32.6. The van der Waals surface area contributed by atoms with Crippen molar-refractivity contribution in [2.75, 3.05) is 6.61 Å². The lowest BCUT2D eigenvalue weighted by Gasteiger charge is -2.33. The van der Waals surface area contributed by atoms with Crippen LogP contribution in [0.15, 0.2) is 69.3 Å². The second kappa shape index (κ2) is 9.18. The number of ether oxygens (including phenoxy) is 1. The number of amidine groups is 1. The van der Waals surface area contributed by atoms with Gasteiger partial charge in [-0.05, 0) is 49.6 Å². The van der Waals surface area contributed by atoms with Crippen molar-refractivity contribution in [3.8, 4) is 0 Å². The summed E-state index contributed by atoms with van der Waals surface area (Å²) < 4.78 is 6.29. The molecule has 1 saturated heterocycles. The van der Waals surface area contributed by atoms with Gasteiger partial charge in [-0.3, -0.25) is 9.69 Å². The number of nitrogens with zero attached hydrogens (tertiary/aromatic N) is 2. The Morgan fingerprint density at radius 3 is 2.61 bits per heavy atom. The van der Waals surface area contributed by atoms with Crippen LogP contribution in [0.1, 0.15) is 31.0 Å². The molecule has 0 unspecified atom stereocenters. The molecular weight excluding hydrogens is 500 g/mol. The molecule has 2 atom stereocenters. The van der Waals surface area contributed by atoms with Gasteiger partial charge in [-0.1, -0.05) is 69.6 Å². The number of halogens is 2. The zero-order valence-electron chi connectivity index (χ0n) is 17.0. The van der Waals surface area contributed by atoms with Gasteiger partial charge >= 0.3 is 5.97 Å². The first-order valence-corrected chi connectivity index (χ1v) is 11.9. The molecule has 0 N–H and O–H groups in total. The van der Waals surface area contributed by atoms with E-state index in [2.05, 4.69) is 20.9 Å². The van der Waals surface area contributed by atoms with Crippen LogP contribution in [0.25, 0.3) is 0 Å². The van der Waals surface area contributed by atoms with Crippen molar-refractivity contribution in [3.05, 3.63) is 80.4 Å². The number of esters is 1. The smallest absolute Gasteiger partial charge is 0.338 e. The van der Waals surface area contributed by atoms with Crippen LogP contribution in [0.5, 0.6) is 0 Å². The van der Waals surface area contributed by atoms with E-state index >= 15 is 0 Å². The van der Waals surface area contributed by atoms with E-state index in [1.54, 1.807) is 24.8 Å². The minimum absolute atomic E-state index is 0.0918. The molecule has 0 aliphatic carbocycles. The molecule has 160 valence electrons. The predicted molar refractivity (Wildman–Crippen MR) is 127 cm³/mol. The third-order valence-electron chi connectivity index (χ3n) is 5.18. The maximum Gasteiger partial charge on any atom is 0.338 e. The Morgan fingerprint density at radius 1 is 1.23 bits per heavy atom. The van der Waals surface area contributed by atoms with Crippen LogP contribution in [0.3, 0.4) is 0 Å². The summed E-state index contributed by atoms with van der Waals surface area (Å²) in [7, 11) is 0. The molecule has 2 aromatic carbocycles. The topological polar surface area (TPSA) is 59.0 Å². The summed E-state index contributed by atoms with van der Waals surface area (Å²) in [5.41, 5.74) is 2.62. The lowest BCUT2D eigenvalue weighted by Crippen LogP contribution is -2.41. The molecule has 2 heterocycles. The number of amides is 1. The fourth-order valence-corrected chi connectivity index (χ4v) is 5.50. The van der Waals surface area contributed by atoms with E-state index in [-0.39, 0.29) is 17.8 Å². The number of fused-ring (bicyclic) bond motifs is 1. The first-order valence-electron chi connectivity index (χ1n) is 9.86. The van der Waals surface area contributed by atoms with Crippen LogP contribution in [-0.4, -0.2) is 33.8 Å². The quantitative estimate of drug-likeness (QED) is 0.487. The van der Waals surface area contributed by atoms with Gasteiger partial charge in [0, 0.05) is 9.50 Å². The molecule has 0 radical (unpaired) electrons. The van der Waals surface area contributed by atoms with Gasteiger partial charge in [-0.15, -0.1) is 0 Å². The predicted octanol–water partition coefficient (Wildman–Crippen LogP) is 5.54. The molecule has 8 heteroatoms. The van der Waals surface area contributed by atoms with Gasteiger partial charge in [-0.2, -0.15) is 0 Å². The fourth-order valence-electron chi connectivity index (χ4n) is 3.76. The Morgan fingerprint density at radius 2 is 1.94 bits per heavy atom. The van der Waals surface area contributed by atoms with Crippen molar-refractivity contribution in [1.82, 2.24) is 4.90 Å². The Bertz CT molecular complexity index is 1100. The minimum atomic E-state index is -0.671. The summed E-state index contributed by atoms with van der Waals surface area (Å²) in [6.45, 7) is 3.75. The molecule has 0 aromatic heterocycles. The van der Waals surface area contributed by atoms with E-state index < -0.39 is 12.0 Å². The molecule has 5 nitrogen and oxygen atoms in total. The van der Waals surface area contributed by atoms with E-state index in [9.17, 15) is 9.59 Å². The van der Waals surface area contributed by atoms with E-state index in [1.165, 1.54) is 11.8 Å². The second-order valence-corrected chi connectivity index (χ2v) is 9.68. The molecule has 0 saturated carbocycles. The third-order valence-corrected chi connectivity index (χ3v) is 7.21. The normalized spacial score (nSPS) is 20.6. The highest BCUT2D eigenvalue weighted by atomic mass is 79.9. The van der Waals surface area contributed by atoms with Gasteiger partial charge in [0.2, 0.25) is 5.91 Å². The van der Waals surface area contributed by atoms with E-state index in [0.717, 1.165) is 10.0 Å². The monoisotopic (exact) mass is 518 g/mol. The first kappa shape index (κ1) is 22.1. The van der Waals surface area contributed by atoms with Gasteiger partial charge in [-0.25, -0.2) is 9.79 Å². The first-order chi connectivity index (χ1) is 14.9. The number of rotatable bonds is 5. The van der Waals surface area contributed by atoms with Crippen LogP contribution < -0.4 is 0 Å². The van der Waals surface area contributed by atoms with Gasteiger partial charge in [0.1, 0.15) is 0 Å². The number of aliphatic imine (C=N–C) groups is 1. The van der Waals surface area contributed by atoms with Crippen molar-refractivity contribution in [2.24, 2.45) is 4.99 Å². The molecule has 1 amide bonds. The average Bonchev–Trinajstić information content (AvgIpc) is 3.04. The second-order valence-electron chi connectivity index (χ2n) is 7.18. The lowest BCUT2D eigenvalue weighted by molar-refractivity contribution is -0.139. The maximum absolute atomic E-state index is 13.5.